The second-order valence-corrected chi connectivity index (χ2v) is 9.40. The Balaban J connectivity index is 1.39. The van der Waals surface area contributed by atoms with E-state index in [-0.39, 0.29) is 24.9 Å². The smallest absolute Gasteiger partial charge is 0.341 e. The third kappa shape index (κ3) is 6.47. The van der Waals surface area contributed by atoms with Gasteiger partial charge in [-0.25, -0.2) is 9.78 Å². The second kappa shape index (κ2) is 12.7. The van der Waals surface area contributed by atoms with E-state index in [1.54, 1.807) is 31.4 Å². The molecule has 0 saturated carbocycles. The number of likely N-dealkylation sites (tertiary alicyclic amines) is 1. The normalized spacial score (nSPS) is 16.5. The number of para-hydroxylation sites is 3. The molecule has 37 heavy (non-hydrogen) atoms. The van der Waals surface area contributed by atoms with Crippen molar-refractivity contribution in [1.29, 1.82) is 0 Å². The number of imidazole rings is 1. The number of ether oxygens (including phenoxy) is 3. The van der Waals surface area contributed by atoms with Gasteiger partial charge in [0, 0.05) is 51.7 Å². The quantitative estimate of drug-likeness (QED) is 0.312. The third-order valence-corrected chi connectivity index (χ3v) is 6.74. The highest BCUT2D eigenvalue weighted by Gasteiger charge is 2.29. The van der Waals surface area contributed by atoms with E-state index >= 15 is 0 Å². The Hall–Kier alpha value is -3.43. The molecular formula is C28H36N4O5. The summed E-state index contributed by atoms with van der Waals surface area (Å²) >= 11 is 0. The highest BCUT2D eigenvalue weighted by atomic mass is 16.5. The molecule has 0 bridgehead atoms. The van der Waals surface area contributed by atoms with Gasteiger partial charge in [-0.2, -0.15) is 0 Å². The summed E-state index contributed by atoms with van der Waals surface area (Å²) in [5, 5.41) is 0. The monoisotopic (exact) mass is 508 g/mol. The second-order valence-electron chi connectivity index (χ2n) is 9.40. The van der Waals surface area contributed by atoms with Crippen LogP contribution in [0.1, 0.15) is 47.8 Å². The zero-order valence-corrected chi connectivity index (χ0v) is 21.6. The van der Waals surface area contributed by atoms with Crippen molar-refractivity contribution in [2.45, 2.75) is 44.2 Å². The molecule has 9 nitrogen and oxygen atoms in total. The molecule has 3 aromatic rings. The molecule has 198 valence electrons. The maximum absolute atomic E-state index is 13.2. The Morgan fingerprint density at radius 2 is 1.92 bits per heavy atom. The maximum atomic E-state index is 13.2. The molecule has 1 fully saturated rings. The van der Waals surface area contributed by atoms with Crippen molar-refractivity contribution in [2.75, 3.05) is 40.5 Å². The molecule has 9 heteroatoms. The number of piperidine rings is 1. The number of rotatable bonds is 11. The van der Waals surface area contributed by atoms with Crippen molar-refractivity contribution in [3.63, 3.8) is 0 Å². The lowest BCUT2D eigenvalue weighted by atomic mass is 9.96. The SMILES string of the molecule is COCCCn1c([C@@H]2CCCN(C(=O)C[C@@H](N)COc3ccccc3C(=O)OC)C2)nc2ccccc21. The summed E-state index contributed by atoms with van der Waals surface area (Å²) < 4.78 is 18.1. The first kappa shape index (κ1) is 26.6. The number of aryl methyl sites for hydroxylation is 1. The van der Waals surface area contributed by atoms with Gasteiger partial charge in [-0.3, -0.25) is 4.79 Å². The number of fused-ring (bicyclic) bond motifs is 1. The number of amides is 1. The predicted octanol–water partition coefficient (Wildman–Crippen LogP) is 3.36. The van der Waals surface area contributed by atoms with Gasteiger partial charge in [0.2, 0.25) is 5.91 Å². The fourth-order valence-electron chi connectivity index (χ4n) is 4.90. The topological polar surface area (TPSA) is 109 Å². The van der Waals surface area contributed by atoms with Gasteiger partial charge in [-0.15, -0.1) is 0 Å². The minimum atomic E-state index is -0.503. The molecule has 1 aromatic heterocycles. The van der Waals surface area contributed by atoms with Gasteiger partial charge in [0.05, 0.1) is 18.1 Å². The molecule has 1 aliphatic heterocycles. The molecule has 0 aliphatic carbocycles. The van der Waals surface area contributed by atoms with Crippen LogP contribution < -0.4 is 10.5 Å². The van der Waals surface area contributed by atoms with Crippen molar-refractivity contribution in [2.24, 2.45) is 5.73 Å². The van der Waals surface area contributed by atoms with E-state index in [4.69, 9.17) is 24.9 Å². The Morgan fingerprint density at radius 1 is 1.14 bits per heavy atom. The zero-order chi connectivity index (χ0) is 26.2. The molecule has 4 rings (SSSR count). The summed E-state index contributed by atoms with van der Waals surface area (Å²) in [6, 6.07) is 14.5. The van der Waals surface area contributed by atoms with Crippen molar-refractivity contribution < 1.29 is 23.8 Å². The predicted molar refractivity (Wildman–Crippen MR) is 141 cm³/mol. The summed E-state index contributed by atoms with van der Waals surface area (Å²) in [7, 11) is 3.04. The standard InChI is InChI=1S/C28H36N4O5/c1-35-16-8-15-32-24-12-5-4-11-23(24)30-27(32)20-9-7-14-31(18-20)26(33)17-21(29)19-37-25-13-6-3-10-22(25)28(34)36-2/h3-6,10-13,20-21H,7-9,14-19,29H2,1-2H3/t20-,21-/m1/s1. The van der Waals surface area contributed by atoms with Crippen LogP contribution in [0.15, 0.2) is 48.5 Å². The Morgan fingerprint density at radius 3 is 2.73 bits per heavy atom. The van der Waals surface area contributed by atoms with E-state index in [1.165, 1.54) is 7.11 Å². The van der Waals surface area contributed by atoms with Crippen molar-refractivity contribution >= 4 is 22.9 Å². The van der Waals surface area contributed by atoms with Gasteiger partial charge in [0.1, 0.15) is 23.7 Å². The number of carbonyl (C=O) groups is 2. The minimum absolute atomic E-state index is 0.00379. The average molecular weight is 509 g/mol. The van der Waals surface area contributed by atoms with Crippen LogP contribution in [0.3, 0.4) is 0 Å². The Bertz CT molecular complexity index is 1210. The van der Waals surface area contributed by atoms with E-state index < -0.39 is 12.0 Å². The van der Waals surface area contributed by atoms with Gasteiger partial charge in [0.25, 0.3) is 0 Å². The van der Waals surface area contributed by atoms with Crippen molar-refractivity contribution in [3.05, 3.63) is 59.9 Å². The van der Waals surface area contributed by atoms with Gasteiger partial charge in [-0.05, 0) is 43.5 Å². The number of methoxy groups -OCH3 is 2. The molecular weight excluding hydrogens is 472 g/mol. The molecule has 0 spiro atoms. The van der Waals surface area contributed by atoms with E-state index in [1.807, 2.05) is 23.1 Å². The van der Waals surface area contributed by atoms with Crippen LogP contribution in [0, 0.1) is 0 Å². The summed E-state index contributed by atoms with van der Waals surface area (Å²) in [6.45, 7) is 2.95. The fraction of sp³-hybridized carbons (Fsp3) is 0.464. The number of hydrogen-bond donors (Lipinski definition) is 1. The first-order valence-electron chi connectivity index (χ1n) is 12.8. The third-order valence-electron chi connectivity index (χ3n) is 6.74. The molecule has 2 heterocycles. The highest BCUT2D eigenvalue weighted by Crippen LogP contribution is 2.30. The zero-order valence-electron chi connectivity index (χ0n) is 21.6. The minimum Gasteiger partial charge on any atom is -0.491 e. The number of nitrogens with zero attached hydrogens (tertiary/aromatic N) is 3. The molecule has 2 N–H and O–H groups in total. The van der Waals surface area contributed by atoms with Gasteiger partial charge < -0.3 is 29.4 Å². The van der Waals surface area contributed by atoms with Crippen LogP contribution in [0.5, 0.6) is 5.75 Å². The Labute approximate surface area is 217 Å². The fourth-order valence-corrected chi connectivity index (χ4v) is 4.90. The summed E-state index contributed by atoms with van der Waals surface area (Å²) in [6.07, 6.45) is 2.96. The molecule has 0 radical (unpaired) electrons. The number of esters is 1. The molecule has 1 aliphatic rings. The Kier molecular flexibility index (Phi) is 9.14. The lowest BCUT2D eigenvalue weighted by Gasteiger charge is -2.33. The van der Waals surface area contributed by atoms with Gasteiger partial charge in [-0.1, -0.05) is 24.3 Å². The van der Waals surface area contributed by atoms with Crippen LogP contribution in [-0.2, 0) is 20.8 Å². The number of aromatic nitrogens is 2. The molecule has 0 unspecified atom stereocenters. The summed E-state index contributed by atoms with van der Waals surface area (Å²) in [5.41, 5.74) is 8.68. The largest absolute Gasteiger partial charge is 0.491 e. The molecule has 1 saturated heterocycles. The van der Waals surface area contributed by atoms with E-state index in [0.29, 0.717) is 31.0 Å². The van der Waals surface area contributed by atoms with E-state index in [2.05, 4.69) is 10.6 Å². The number of hydrogen-bond acceptors (Lipinski definition) is 7. The van der Waals surface area contributed by atoms with Crippen LogP contribution >= 0.6 is 0 Å². The van der Waals surface area contributed by atoms with Gasteiger partial charge >= 0.3 is 5.97 Å². The summed E-state index contributed by atoms with van der Waals surface area (Å²) in [5.74, 6) is 1.11. The molecule has 2 aromatic carbocycles. The maximum Gasteiger partial charge on any atom is 0.341 e. The van der Waals surface area contributed by atoms with Crippen molar-refractivity contribution in [1.82, 2.24) is 14.5 Å². The first-order chi connectivity index (χ1) is 18.0. The lowest BCUT2D eigenvalue weighted by Crippen LogP contribution is -2.43. The highest BCUT2D eigenvalue weighted by molar-refractivity contribution is 5.92. The van der Waals surface area contributed by atoms with E-state index in [0.717, 1.165) is 42.7 Å². The first-order valence-corrected chi connectivity index (χ1v) is 12.8. The van der Waals surface area contributed by atoms with Gasteiger partial charge in [0.15, 0.2) is 0 Å². The van der Waals surface area contributed by atoms with Crippen LogP contribution in [0.25, 0.3) is 11.0 Å². The van der Waals surface area contributed by atoms with Crippen LogP contribution in [-0.4, -0.2) is 72.9 Å². The van der Waals surface area contributed by atoms with Crippen molar-refractivity contribution in [3.8, 4) is 5.75 Å². The molecule has 2 atom stereocenters. The lowest BCUT2D eigenvalue weighted by molar-refractivity contribution is -0.133. The van der Waals surface area contributed by atoms with E-state index in [9.17, 15) is 9.59 Å². The van der Waals surface area contributed by atoms with Crippen LogP contribution in [0.4, 0.5) is 0 Å². The summed E-state index contributed by atoms with van der Waals surface area (Å²) in [4.78, 5) is 32.0. The van der Waals surface area contributed by atoms with Crippen LogP contribution in [0.2, 0.25) is 0 Å². The number of carbonyl (C=O) groups excluding carboxylic acids is 2. The number of benzene rings is 2. The number of nitrogens with two attached hydrogens (primary N) is 1. The average Bonchev–Trinajstić information content (AvgIpc) is 3.30. The molecule has 1 amide bonds.